The summed E-state index contributed by atoms with van der Waals surface area (Å²) in [4.78, 5) is 16.1. The maximum absolute atomic E-state index is 11.1. The Morgan fingerprint density at radius 3 is 2.36 bits per heavy atom. The third-order valence-corrected chi connectivity index (χ3v) is 1.57. The van der Waals surface area contributed by atoms with Crippen molar-refractivity contribution in [2.24, 2.45) is 0 Å². The average Bonchev–Trinajstić information content (AvgIpc) is 2.01. The molecule has 0 amide bonds. The van der Waals surface area contributed by atoms with E-state index in [1.807, 2.05) is 6.92 Å². The first-order chi connectivity index (χ1) is 5.93. The van der Waals surface area contributed by atoms with Crippen molar-refractivity contribution in [1.29, 1.82) is 0 Å². The van der Waals surface area contributed by atoms with E-state index in [-0.39, 0.29) is 34.4 Å². The topological polar surface area (TPSA) is 46.5 Å². The van der Waals surface area contributed by atoms with Crippen LogP contribution in [0.3, 0.4) is 0 Å². The Hall–Kier alpha value is -0.300. The molecule has 0 atom stereocenters. The summed E-state index contributed by atoms with van der Waals surface area (Å²) in [5.74, 6) is -1.02. The second-order valence-corrected chi connectivity index (χ2v) is 3.35. The molecule has 0 saturated carbocycles. The molecule has 0 unspecified atom stereocenters. The molecule has 84 valence electrons. The van der Waals surface area contributed by atoms with Gasteiger partial charge in [-0.05, 0) is 19.4 Å². The molecule has 0 aliphatic heterocycles. The zero-order valence-electron chi connectivity index (χ0n) is 9.08. The molecule has 5 heteroatoms. The molecule has 0 saturated heterocycles. The molecule has 0 rings (SSSR count). The second-order valence-electron chi connectivity index (χ2n) is 3.35. The Bertz CT molecular complexity index is 214. The van der Waals surface area contributed by atoms with Crippen molar-refractivity contribution in [3.8, 4) is 0 Å². The number of carbonyl (C=O) groups excluding carboxylic acids is 1. The van der Waals surface area contributed by atoms with Crippen molar-refractivity contribution in [3.63, 3.8) is 0 Å². The summed E-state index contributed by atoms with van der Waals surface area (Å²) in [7, 11) is 3.54. The van der Waals surface area contributed by atoms with Gasteiger partial charge in [0.05, 0.1) is 0 Å². The Morgan fingerprint density at radius 1 is 1.50 bits per heavy atom. The van der Waals surface area contributed by atoms with Crippen LogP contribution in [0.25, 0.3) is 0 Å². The van der Waals surface area contributed by atoms with Gasteiger partial charge < -0.3 is 29.1 Å². The van der Waals surface area contributed by atoms with Crippen LogP contribution in [-0.2, 0) is 9.63 Å². The predicted octanol–water partition coefficient (Wildman–Crippen LogP) is -1.60. The number of hydroxylamine groups is 3. The molecular formula is C9H18INO3. The standard InChI is InChI=1S/C9H17NO3.HI/c1-5-7-10(3,4)13-9(12)8(11)6-2;/h6H,5,7H2,1-4H3;1H. The molecule has 14 heavy (non-hydrogen) atoms. The minimum Gasteiger partial charge on any atom is -1.00 e. The molecule has 0 aromatic carbocycles. The van der Waals surface area contributed by atoms with E-state index in [0.717, 1.165) is 13.0 Å². The monoisotopic (exact) mass is 315 g/mol. The molecule has 0 aliphatic rings. The highest BCUT2D eigenvalue weighted by Crippen LogP contribution is 2.04. The summed E-state index contributed by atoms with van der Waals surface area (Å²) in [6.07, 6.45) is 2.23. The highest BCUT2D eigenvalue weighted by Gasteiger charge is 2.22. The lowest BCUT2D eigenvalue weighted by Gasteiger charge is -2.24. The Labute approximate surface area is 102 Å². The molecule has 4 nitrogen and oxygen atoms in total. The fourth-order valence-corrected chi connectivity index (χ4v) is 0.973. The molecule has 0 radical (unpaired) electrons. The summed E-state index contributed by atoms with van der Waals surface area (Å²) in [6.45, 7) is 4.31. The zero-order valence-corrected chi connectivity index (χ0v) is 11.2. The van der Waals surface area contributed by atoms with E-state index in [1.54, 1.807) is 21.0 Å². The molecule has 0 heterocycles. The summed E-state index contributed by atoms with van der Waals surface area (Å²) in [6, 6.07) is 0. The van der Waals surface area contributed by atoms with Crippen molar-refractivity contribution < 1.29 is 43.4 Å². The first-order valence-electron chi connectivity index (χ1n) is 4.35. The number of carbonyl (C=O) groups is 1. The van der Waals surface area contributed by atoms with E-state index >= 15 is 0 Å². The summed E-state index contributed by atoms with van der Waals surface area (Å²) in [5, 5.41) is 9.03. The van der Waals surface area contributed by atoms with E-state index in [0.29, 0.717) is 0 Å². The van der Waals surface area contributed by atoms with E-state index in [2.05, 4.69) is 0 Å². The number of halogens is 1. The minimum absolute atomic E-state index is 0. The number of rotatable bonds is 4. The molecule has 0 spiro atoms. The summed E-state index contributed by atoms with van der Waals surface area (Å²) in [5.41, 5.74) is 0. The fourth-order valence-electron chi connectivity index (χ4n) is 0.973. The van der Waals surface area contributed by atoms with E-state index in [9.17, 15) is 4.79 Å². The SMILES string of the molecule is CC=C(O)C(=O)O[N+](C)(C)CCC.[I-]. The average molecular weight is 315 g/mol. The summed E-state index contributed by atoms with van der Waals surface area (Å²) < 4.78 is 0.132. The van der Waals surface area contributed by atoms with Crippen LogP contribution in [0, 0.1) is 0 Å². The van der Waals surface area contributed by atoms with Crippen molar-refractivity contribution in [2.45, 2.75) is 20.3 Å². The van der Waals surface area contributed by atoms with Crippen LogP contribution < -0.4 is 24.0 Å². The van der Waals surface area contributed by atoms with Crippen LogP contribution >= 0.6 is 0 Å². The largest absolute Gasteiger partial charge is 1.00 e. The molecular weight excluding hydrogens is 297 g/mol. The van der Waals surface area contributed by atoms with Crippen molar-refractivity contribution in [1.82, 2.24) is 0 Å². The Kier molecular flexibility index (Phi) is 8.13. The van der Waals surface area contributed by atoms with Crippen LogP contribution in [0.4, 0.5) is 0 Å². The fraction of sp³-hybridized carbons (Fsp3) is 0.667. The number of hydrogen-bond donors (Lipinski definition) is 1. The van der Waals surface area contributed by atoms with Crippen molar-refractivity contribution in [3.05, 3.63) is 11.8 Å². The van der Waals surface area contributed by atoms with Crippen LogP contribution in [-0.4, -0.2) is 36.4 Å². The van der Waals surface area contributed by atoms with Crippen LogP contribution in [0.2, 0.25) is 0 Å². The van der Waals surface area contributed by atoms with Gasteiger partial charge in [-0.3, -0.25) is 4.84 Å². The quantitative estimate of drug-likeness (QED) is 0.223. The Morgan fingerprint density at radius 2 is 2.00 bits per heavy atom. The number of aliphatic hydroxyl groups is 1. The lowest BCUT2D eigenvalue weighted by molar-refractivity contribution is -1.06. The second kappa shape index (κ2) is 7.05. The van der Waals surface area contributed by atoms with Gasteiger partial charge in [0.2, 0.25) is 5.76 Å². The van der Waals surface area contributed by atoms with E-state index in [4.69, 9.17) is 9.94 Å². The van der Waals surface area contributed by atoms with Crippen LogP contribution in [0.1, 0.15) is 20.3 Å². The van der Waals surface area contributed by atoms with Gasteiger partial charge >= 0.3 is 5.97 Å². The van der Waals surface area contributed by atoms with Gasteiger partial charge in [0, 0.05) is 0 Å². The van der Waals surface area contributed by atoms with Gasteiger partial charge in [0.15, 0.2) is 0 Å². The number of hydrogen-bond acceptors (Lipinski definition) is 3. The van der Waals surface area contributed by atoms with Gasteiger partial charge in [-0.1, -0.05) is 6.92 Å². The third kappa shape index (κ3) is 6.20. The number of nitrogens with zero attached hydrogens (tertiary/aromatic N) is 1. The normalized spacial score (nSPS) is 11.9. The number of aliphatic hydroxyl groups excluding tert-OH is 1. The zero-order chi connectivity index (χ0) is 10.5. The third-order valence-electron chi connectivity index (χ3n) is 1.57. The molecule has 0 bridgehead atoms. The van der Waals surface area contributed by atoms with Crippen LogP contribution in [0.5, 0.6) is 0 Å². The lowest BCUT2D eigenvalue weighted by atomic mass is 10.4. The van der Waals surface area contributed by atoms with Gasteiger partial charge in [0.25, 0.3) is 0 Å². The van der Waals surface area contributed by atoms with Gasteiger partial charge in [-0.15, -0.1) is 4.65 Å². The van der Waals surface area contributed by atoms with Gasteiger partial charge in [-0.2, -0.15) is 0 Å². The van der Waals surface area contributed by atoms with E-state index in [1.165, 1.54) is 6.08 Å². The number of quaternary nitrogens is 1. The lowest BCUT2D eigenvalue weighted by Crippen LogP contribution is -3.00. The smallest absolute Gasteiger partial charge is 0.430 e. The molecule has 1 N–H and O–H groups in total. The maximum Gasteiger partial charge on any atom is 0.430 e. The van der Waals surface area contributed by atoms with Crippen molar-refractivity contribution in [2.75, 3.05) is 20.6 Å². The summed E-state index contributed by atoms with van der Waals surface area (Å²) >= 11 is 0. The number of allylic oxidation sites excluding steroid dienone is 1. The molecule has 0 aromatic rings. The minimum atomic E-state index is -0.680. The highest BCUT2D eigenvalue weighted by molar-refractivity contribution is 5.84. The van der Waals surface area contributed by atoms with E-state index < -0.39 is 5.97 Å². The molecule has 0 fully saturated rings. The Balaban J connectivity index is 0. The highest BCUT2D eigenvalue weighted by atomic mass is 127. The van der Waals surface area contributed by atoms with Gasteiger partial charge in [0.1, 0.15) is 20.6 Å². The molecule has 0 aromatic heterocycles. The molecule has 0 aliphatic carbocycles. The first-order valence-corrected chi connectivity index (χ1v) is 4.35. The van der Waals surface area contributed by atoms with Crippen molar-refractivity contribution >= 4 is 5.97 Å². The predicted molar refractivity (Wildman–Crippen MR) is 49.7 cm³/mol. The van der Waals surface area contributed by atoms with Gasteiger partial charge in [-0.25, -0.2) is 4.79 Å². The maximum atomic E-state index is 11.1. The van der Waals surface area contributed by atoms with Crippen LogP contribution in [0.15, 0.2) is 11.8 Å². The first kappa shape index (κ1) is 16.1.